The second kappa shape index (κ2) is 7.94. The normalized spacial score (nSPS) is 12.1. The molecule has 1 amide bonds. The maximum absolute atomic E-state index is 11.5. The van der Waals surface area contributed by atoms with Crippen LogP contribution >= 0.6 is 0 Å². The van der Waals surface area contributed by atoms with E-state index in [0.717, 1.165) is 6.54 Å². The lowest BCUT2D eigenvalue weighted by molar-refractivity contribution is -0.117. The van der Waals surface area contributed by atoms with Crippen molar-refractivity contribution in [1.82, 2.24) is 10.2 Å². The Kier molecular flexibility index (Phi) is 7.18. The number of aliphatic imine (C=N–C) groups is 1. The molecule has 0 fully saturated rings. The fourth-order valence-corrected chi connectivity index (χ4v) is 0.912. The van der Waals surface area contributed by atoms with Crippen LogP contribution < -0.4 is 5.32 Å². The fraction of sp³-hybridized carbons (Fsp3) is 0.455. The van der Waals surface area contributed by atoms with Crippen molar-refractivity contribution in [2.75, 3.05) is 27.2 Å². The number of carbonyl (C=O) groups is 1. The molecule has 0 saturated heterocycles. The molecule has 0 saturated carbocycles. The predicted octanol–water partition coefficient (Wildman–Crippen LogP) is 0.825. The van der Waals surface area contributed by atoms with Crippen LogP contribution in [0.5, 0.6) is 0 Å². The van der Waals surface area contributed by atoms with Crippen LogP contribution in [-0.2, 0) is 4.79 Å². The van der Waals surface area contributed by atoms with Crippen molar-refractivity contribution in [3.8, 4) is 0 Å². The van der Waals surface area contributed by atoms with E-state index in [-0.39, 0.29) is 5.91 Å². The zero-order valence-electron chi connectivity index (χ0n) is 9.66. The minimum Gasteiger partial charge on any atom is -0.349 e. The molecule has 0 heterocycles. The van der Waals surface area contributed by atoms with Crippen molar-refractivity contribution >= 4 is 12.1 Å². The van der Waals surface area contributed by atoms with Crippen molar-refractivity contribution in [2.24, 2.45) is 4.99 Å². The molecule has 0 atom stereocenters. The summed E-state index contributed by atoms with van der Waals surface area (Å²) in [5.74, 6) is -0.171. The van der Waals surface area contributed by atoms with Crippen molar-refractivity contribution in [3.05, 3.63) is 24.4 Å². The van der Waals surface area contributed by atoms with Crippen molar-refractivity contribution in [2.45, 2.75) is 6.92 Å². The molecule has 0 bridgehead atoms. The molecule has 84 valence electrons. The zero-order valence-corrected chi connectivity index (χ0v) is 9.66. The Morgan fingerprint density at radius 1 is 1.53 bits per heavy atom. The highest BCUT2D eigenvalue weighted by molar-refractivity contribution is 5.94. The topological polar surface area (TPSA) is 44.7 Å². The third-order valence-electron chi connectivity index (χ3n) is 1.62. The Bertz CT molecular complexity index is 267. The first-order chi connectivity index (χ1) is 7.11. The zero-order chi connectivity index (χ0) is 11.7. The molecule has 0 aromatic carbocycles. The number of nitrogens with one attached hydrogen (secondary N) is 1. The Labute approximate surface area is 91.4 Å². The molecule has 0 aromatic heterocycles. The van der Waals surface area contributed by atoms with Crippen molar-refractivity contribution in [1.29, 1.82) is 0 Å². The molecule has 4 nitrogen and oxygen atoms in total. The summed E-state index contributed by atoms with van der Waals surface area (Å²) in [6.45, 7) is 6.72. The van der Waals surface area contributed by atoms with Crippen LogP contribution in [0.2, 0.25) is 0 Å². The van der Waals surface area contributed by atoms with Gasteiger partial charge < -0.3 is 10.2 Å². The van der Waals surface area contributed by atoms with E-state index in [0.29, 0.717) is 12.2 Å². The molecule has 0 aliphatic rings. The van der Waals surface area contributed by atoms with Gasteiger partial charge in [-0.15, -0.1) is 0 Å². The lowest BCUT2D eigenvalue weighted by Crippen LogP contribution is -2.31. The second-order valence-electron chi connectivity index (χ2n) is 3.23. The maximum atomic E-state index is 11.5. The summed E-state index contributed by atoms with van der Waals surface area (Å²) in [6.07, 6.45) is 4.72. The number of carbonyl (C=O) groups excluding carboxylic acids is 1. The molecule has 0 aliphatic heterocycles. The standard InChI is InChI=1S/C11H19N3O/c1-5-7-10(12-6-2)11(15)13-8-9-14(3)4/h5-7H,1,8-9H2,2-4H3,(H,13,15)/b10-7-,12-6?. The summed E-state index contributed by atoms with van der Waals surface area (Å²) >= 11 is 0. The third kappa shape index (κ3) is 6.62. The summed E-state index contributed by atoms with van der Waals surface area (Å²) in [6, 6.07) is 0. The average Bonchev–Trinajstić information content (AvgIpc) is 2.16. The molecule has 0 spiro atoms. The second-order valence-corrected chi connectivity index (χ2v) is 3.23. The van der Waals surface area contributed by atoms with Gasteiger partial charge in [0.2, 0.25) is 0 Å². The van der Waals surface area contributed by atoms with E-state index in [1.807, 2.05) is 19.0 Å². The SMILES string of the molecule is C=C/C=C(\N=CC)C(=O)NCCN(C)C. The van der Waals surface area contributed by atoms with E-state index in [9.17, 15) is 4.79 Å². The first-order valence-corrected chi connectivity index (χ1v) is 4.86. The van der Waals surface area contributed by atoms with Crippen LogP contribution in [0.25, 0.3) is 0 Å². The van der Waals surface area contributed by atoms with E-state index < -0.39 is 0 Å². The van der Waals surface area contributed by atoms with E-state index in [1.165, 1.54) is 0 Å². The highest BCUT2D eigenvalue weighted by atomic mass is 16.2. The number of hydrogen-bond donors (Lipinski definition) is 1. The van der Waals surface area contributed by atoms with Gasteiger partial charge in [0.1, 0.15) is 5.70 Å². The van der Waals surface area contributed by atoms with E-state index in [1.54, 1.807) is 25.3 Å². The van der Waals surface area contributed by atoms with Crippen LogP contribution in [0.3, 0.4) is 0 Å². The Morgan fingerprint density at radius 3 is 2.67 bits per heavy atom. The van der Waals surface area contributed by atoms with Gasteiger partial charge >= 0.3 is 0 Å². The number of rotatable bonds is 6. The van der Waals surface area contributed by atoms with Crippen molar-refractivity contribution < 1.29 is 4.79 Å². The lowest BCUT2D eigenvalue weighted by Gasteiger charge is -2.10. The van der Waals surface area contributed by atoms with Gasteiger partial charge in [-0.3, -0.25) is 9.79 Å². The number of likely N-dealkylation sites (N-methyl/N-ethyl adjacent to an activating group) is 1. The lowest BCUT2D eigenvalue weighted by atomic mass is 10.3. The summed E-state index contributed by atoms with van der Waals surface area (Å²) in [4.78, 5) is 17.5. The van der Waals surface area contributed by atoms with Gasteiger partial charge in [-0.2, -0.15) is 0 Å². The third-order valence-corrected chi connectivity index (χ3v) is 1.62. The molecule has 4 heteroatoms. The Balaban J connectivity index is 4.16. The first kappa shape index (κ1) is 13.6. The summed E-state index contributed by atoms with van der Waals surface area (Å²) in [5.41, 5.74) is 0.381. The quantitative estimate of drug-likeness (QED) is 0.400. The molecule has 0 aliphatic carbocycles. The highest BCUT2D eigenvalue weighted by Gasteiger charge is 2.05. The highest BCUT2D eigenvalue weighted by Crippen LogP contribution is 1.96. The number of hydrogen-bond acceptors (Lipinski definition) is 3. The number of nitrogens with zero attached hydrogens (tertiary/aromatic N) is 2. The van der Waals surface area contributed by atoms with Gasteiger partial charge in [-0.1, -0.05) is 12.7 Å². The van der Waals surface area contributed by atoms with Crippen LogP contribution in [0.1, 0.15) is 6.92 Å². The summed E-state index contributed by atoms with van der Waals surface area (Å²) < 4.78 is 0. The molecular weight excluding hydrogens is 190 g/mol. The van der Waals surface area contributed by atoms with Gasteiger partial charge in [-0.25, -0.2) is 0 Å². The monoisotopic (exact) mass is 209 g/mol. The van der Waals surface area contributed by atoms with E-state index >= 15 is 0 Å². The van der Waals surface area contributed by atoms with Crippen LogP contribution in [0, 0.1) is 0 Å². The smallest absolute Gasteiger partial charge is 0.269 e. The number of allylic oxidation sites excluding steroid dienone is 2. The van der Waals surface area contributed by atoms with Gasteiger partial charge in [-0.05, 0) is 27.1 Å². The molecule has 0 radical (unpaired) electrons. The summed E-state index contributed by atoms with van der Waals surface area (Å²) in [5, 5.41) is 2.77. The molecule has 1 N–H and O–H groups in total. The van der Waals surface area contributed by atoms with Crippen LogP contribution in [0.15, 0.2) is 29.4 Å². The minimum absolute atomic E-state index is 0.171. The predicted molar refractivity (Wildman–Crippen MR) is 64.0 cm³/mol. The van der Waals surface area contributed by atoms with E-state index in [4.69, 9.17) is 0 Å². The molecule has 0 unspecified atom stereocenters. The number of amides is 1. The molecule has 15 heavy (non-hydrogen) atoms. The Hall–Kier alpha value is -1.42. The van der Waals surface area contributed by atoms with E-state index in [2.05, 4.69) is 16.9 Å². The first-order valence-electron chi connectivity index (χ1n) is 4.86. The van der Waals surface area contributed by atoms with Gasteiger partial charge in [0, 0.05) is 19.3 Å². The minimum atomic E-state index is -0.171. The molecule has 0 rings (SSSR count). The Morgan fingerprint density at radius 2 is 2.20 bits per heavy atom. The summed E-state index contributed by atoms with van der Waals surface area (Å²) in [7, 11) is 3.91. The van der Waals surface area contributed by atoms with Gasteiger partial charge in [0.15, 0.2) is 0 Å². The average molecular weight is 209 g/mol. The fourth-order valence-electron chi connectivity index (χ4n) is 0.912. The maximum Gasteiger partial charge on any atom is 0.269 e. The molecular formula is C11H19N3O. The largest absolute Gasteiger partial charge is 0.349 e. The van der Waals surface area contributed by atoms with Crippen molar-refractivity contribution in [3.63, 3.8) is 0 Å². The van der Waals surface area contributed by atoms with Gasteiger partial charge in [0.25, 0.3) is 5.91 Å². The van der Waals surface area contributed by atoms with Crippen LogP contribution in [-0.4, -0.2) is 44.2 Å². The van der Waals surface area contributed by atoms with Gasteiger partial charge in [0.05, 0.1) is 0 Å². The van der Waals surface area contributed by atoms with Crippen LogP contribution in [0.4, 0.5) is 0 Å². The molecule has 0 aromatic rings.